The van der Waals surface area contributed by atoms with Gasteiger partial charge in [-0.05, 0) is 25.0 Å². The molecule has 1 aliphatic rings. The van der Waals surface area contributed by atoms with Crippen LogP contribution in [0.1, 0.15) is 95.9 Å². The van der Waals surface area contributed by atoms with Crippen molar-refractivity contribution >= 4 is 12.1 Å². The molecule has 1 aromatic carbocycles. The van der Waals surface area contributed by atoms with E-state index in [0.717, 1.165) is 12.8 Å². The molecule has 1 aromatic heterocycles. The van der Waals surface area contributed by atoms with E-state index in [-0.39, 0.29) is 5.75 Å². The minimum atomic E-state index is 0.0266. The second-order valence-corrected chi connectivity index (χ2v) is 8.52. The highest BCUT2D eigenvalue weighted by molar-refractivity contribution is 5.82. The van der Waals surface area contributed by atoms with Crippen molar-refractivity contribution in [3.63, 3.8) is 0 Å². The summed E-state index contributed by atoms with van der Waals surface area (Å²) >= 11 is 0. The fourth-order valence-electron chi connectivity index (χ4n) is 4.45. The molecule has 1 fully saturated rings. The molecule has 0 spiro atoms. The lowest BCUT2D eigenvalue weighted by Gasteiger charge is -2.17. The Morgan fingerprint density at radius 3 is 2.03 bits per heavy atom. The Labute approximate surface area is 180 Å². The van der Waals surface area contributed by atoms with Crippen molar-refractivity contribution in [3.05, 3.63) is 24.4 Å². The first kappa shape index (κ1) is 22.3. The number of nitrogens with one attached hydrogen (secondary N) is 1. The van der Waals surface area contributed by atoms with Gasteiger partial charge in [-0.3, -0.25) is 4.79 Å². The fraction of sp³-hybridized carbons (Fsp3) is 0.625. The number of benzene rings is 1. The summed E-state index contributed by atoms with van der Waals surface area (Å²) in [6.07, 6.45) is 20.8. The predicted octanol–water partition coefficient (Wildman–Crippen LogP) is 6.24. The van der Waals surface area contributed by atoms with E-state index >= 15 is 0 Å². The van der Waals surface area contributed by atoms with E-state index in [1.54, 1.807) is 18.2 Å². The zero-order valence-corrected chi connectivity index (χ0v) is 18.1. The predicted molar refractivity (Wildman–Crippen MR) is 120 cm³/mol. The van der Waals surface area contributed by atoms with Crippen molar-refractivity contribution in [2.75, 3.05) is 5.32 Å². The Hall–Kier alpha value is -2.37. The molecular formula is C24H36N4O2. The van der Waals surface area contributed by atoms with Crippen molar-refractivity contribution < 1.29 is 9.90 Å². The van der Waals surface area contributed by atoms with Gasteiger partial charge < -0.3 is 10.4 Å². The summed E-state index contributed by atoms with van der Waals surface area (Å²) in [6.45, 7) is 0. The van der Waals surface area contributed by atoms with Crippen LogP contribution in [0.25, 0.3) is 11.3 Å². The van der Waals surface area contributed by atoms with Crippen molar-refractivity contribution in [1.29, 1.82) is 0 Å². The molecule has 0 aliphatic heterocycles. The average molecular weight is 413 g/mol. The Morgan fingerprint density at radius 2 is 1.47 bits per heavy atom. The number of anilines is 1. The van der Waals surface area contributed by atoms with E-state index in [1.807, 2.05) is 10.9 Å². The van der Waals surface area contributed by atoms with Crippen LogP contribution in [0.15, 0.2) is 24.4 Å². The summed E-state index contributed by atoms with van der Waals surface area (Å²) in [5, 5.41) is 21.7. The lowest BCUT2D eigenvalue weighted by atomic mass is 10.0. The number of hydrogen-bond donors (Lipinski definition) is 2. The van der Waals surface area contributed by atoms with Crippen LogP contribution in [-0.2, 0) is 4.79 Å². The van der Waals surface area contributed by atoms with Crippen LogP contribution in [-0.4, -0.2) is 26.5 Å². The van der Waals surface area contributed by atoms with Crippen LogP contribution < -0.4 is 5.32 Å². The zero-order chi connectivity index (χ0) is 21.0. The van der Waals surface area contributed by atoms with Crippen LogP contribution in [0, 0.1) is 0 Å². The molecule has 1 aliphatic carbocycles. The molecule has 3 rings (SSSR count). The summed E-state index contributed by atoms with van der Waals surface area (Å²) in [4.78, 5) is 10.7. The first-order valence-electron chi connectivity index (χ1n) is 11.7. The maximum Gasteiger partial charge on any atom is 0.211 e. The van der Waals surface area contributed by atoms with Crippen molar-refractivity contribution in [1.82, 2.24) is 15.0 Å². The van der Waals surface area contributed by atoms with E-state index in [0.29, 0.717) is 29.4 Å². The first-order chi connectivity index (χ1) is 14.8. The number of aromatic hydroxyl groups is 1. The van der Waals surface area contributed by atoms with Gasteiger partial charge in [0.1, 0.15) is 11.4 Å². The number of para-hydroxylation sites is 1. The molecule has 30 heavy (non-hydrogen) atoms. The Bertz CT molecular complexity index is 758. The summed E-state index contributed by atoms with van der Waals surface area (Å²) < 4.78 is 1.99. The molecule has 2 N–H and O–H groups in total. The Morgan fingerprint density at radius 1 is 0.900 bits per heavy atom. The van der Waals surface area contributed by atoms with Gasteiger partial charge in [0.25, 0.3) is 0 Å². The smallest absolute Gasteiger partial charge is 0.211 e. The molecule has 6 nitrogen and oxygen atoms in total. The maximum absolute atomic E-state index is 10.7. The number of aromatic nitrogens is 3. The lowest BCUT2D eigenvalue weighted by Crippen LogP contribution is -2.10. The van der Waals surface area contributed by atoms with Gasteiger partial charge in [0.15, 0.2) is 0 Å². The molecule has 1 amide bonds. The Balaban J connectivity index is 1.68. The van der Waals surface area contributed by atoms with Gasteiger partial charge in [-0.25, -0.2) is 4.68 Å². The van der Waals surface area contributed by atoms with Crippen LogP contribution in [0.2, 0.25) is 0 Å². The lowest BCUT2D eigenvalue weighted by molar-refractivity contribution is -0.105. The van der Waals surface area contributed by atoms with Gasteiger partial charge in [0.2, 0.25) is 6.41 Å². The van der Waals surface area contributed by atoms with E-state index < -0.39 is 0 Å². The number of amides is 1. The normalized spacial score (nSPS) is 18.3. The summed E-state index contributed by atoms with van der Waals surface area (Å²) in [5.74, 6) is 0.0266. The molecule has 0 radical (unpaired) electrons. The third-order valence-electron chi connectivity index (χ3n) is 6.24. The molecule has 1 saturated carbocycles. The first-order valence-corrected chi connectivity index (χ1v) is 11.7. The standard InChI is InChI=1S/C24H36N4O2/c29-19-25-22-17-13-16-21(24(22)30)23-18-28(27-26-23)20-14-11-9-7-5-3-1-2-4-6-8-10-12-15-20/h13,16-20,30H,1-12,14-15H2,(H,25,29). The van der Waals surface area contributed by atoms with Crippen LogP contribution in [0.3, 0.4) is 0 Å². The highest BCUT2D eigenvalue weighted by Gasteiger charge is 2.17. The van der Waals surface area contributed by atoms with Gasteiger partial charge in [-0.1, -0.05) is 88.3 Å². The largest absolute Gasteiger partial charge is 0.505 e. The van der Waals surface area contributed by atoms with Crippen LogP contribution in [0.4, 0.5) is 5.69 Å². The minimum Gasteiger partial charge on any atom is -0.505 e. The highest BCUT2D eigenvalue weighted by Crippen LogP contribution is 2.34. The molecule has 0 saturated heterocycles. The van der Waals surface area contributed by atoms with Gasteiger partial charge in [0, 0.05) is 5.56 Å². The maximum atomic E-state index is 10.7. The van der Waals surface area contributed by atoms with E-state index in [9.17, 15) is 9.90 Å². The number of carbonyl (C=O) groups excluding carboxylic acids is 1. The number of rotatable bonds is 4. The SMILES string of the molecule is O=CNc1cccc(-c2cn(C3CCCCCCCCCCCCCC3)nn2)c1O. The molecule has 1 heterocycles. The molecular weight excluding hydrogens is 376 g/mol. The van der Waals surface area contributed by atoms with Gasteiger partial charge in [0.05, 0.1) is 17.9 Å². The molecule has 0 unspecified atom stereocenters. The fourth-order valence-corrected chi connectivity index (χ4v) is 4.45. The number of nitrogens with zero attached hydrogens (tertiary/aromatic N) is 3. The summed E-state index contributed by atoms with van der Waals surface area (Å²) in [7, 11) is 0. The number of phenols is 1. The van der Waals surface area contributed by atoms with Gasteiger partial charge >= 0.3 is 0 Å². The molecule has 0 atom stereocenters. The molecule has 2 aromatic rings. The third-order valence-corrected chi connectivity index (χ3v) is 6.24. The van der Waals surface area contributed by atoms with Gasteiger partial charge in [-0.2, -0.15) is 0 Å². The molecule has 0 bridgehead atoms. The summed E-state index contributed by atoms with van der Waals surface area (Å²) in [6, 6.07) is 5.62. The van der Waals surface area contributed by atoms with Crippen molar-refractivity contribution in [3.8, 4) is 17.0 Å². The van der Waals surface area contributed by atoms with Crippen LogP contribution in [0.5, 0.6) is 5.75 Å². The van der Waals surface area contributed by atoms with Crippen molar-refractivity contribution in [2.45, 2.75) is 95.9 Å². The zero-order valence-electron chi connectivity index (χ0n) is 18.1. The second kappa shape index (κ2) is 12.4. The monoisotopic (exact) mass is 412 g/mol. The Kier molecular flexibility index (Phi) is 9.19. The number of phenolic OH excluding ortho intramolecular Hbond substituents is 1. The quantitative estimate of drug-likeness (QED) is 0.460. The van der Waals surface area contributed by atoms with Crippen LogP contribution >= 0.6 is 0 Å². The van der Waals surface area contributed by atoms with E-state index in [4.69, 9.17) is 0 Å². The van der Waals surface area contributed by atoms with Gasteiger partial charge in [-0.15, -0.1) is 5.10 Å². The highest BCUT2D eigenvalue weighted by atomic mass is 16.3. The van der Waals surface area contributed by atoms with E-state index in [1.165, 1.54) is 77.0 Å². The number of carbonyl (C=O) groups is 1. The third kappa shape index (κ3) is 6.57. The van der Waals surface area contributed by atoms with Crippen molar-refractivity contribution in [2.24, 2.45) is 0 Å². The average Bonchev–Trinajstić information content (AvgIpc) is 3.23. The molecule has 164 valence electrons. The number of hydrogen-bond acceptors (Lipinski definition) is 4. The van der Waals surface area contributed by atoms with E-state index in [2.05, 4.69) is 15.6 Å². The minimum absolute atomic E-state index is 0.0266. The summed E-state index contributed by atoms with van der Waals surface area (Å²) in [5.41, 5.74) is 1.61. The topological polar surface area (TPSA) is 80.0 Å². The second-order valence-electron chi connectivity index (χ2n) is 8.52. The molecule has 6 heteroatoms.